The molecule has 0 bridgehead atoms. The van der Waals surface area contributed by atoms with Crippen LogP contribution in [0.25, 0.3) is 0 Å². The number of hydrogen-bond donors (Lipinski definition) is 2. The third kappa shape index (κ3) is 2.63. The average Bonchev–Trinajstić information content (AvgIpc) is 3.07. The summed E-state index contributed by atoms with van der Waals surface area (Å²) in [5, 5.41) is 12.6. The fourth-order valence-electron chi connectivity index (χ4n) is 3.16. The molecule has 0 aromatic carbocycles. The van der Waals surface area contributed by atoms with Crippen LogP contribution < -0.4 is 5.32 Å². The smallest absolute Gasteiger partial charge is 0.317 e. The zero-order valence-corrected chi connectivity index (χ0v) is 12.9. The molecule has 1 aliphatic carbocycles. The molecule has 1 heterocycles. The van der Waals surface area contributed by atoms with E-state index in [-0.39, 0.29) is 17.5 Å². The maximum Gasteiger partial charge on any atom is 0.317 e. The van der Waals surface area contributed by atoms with Crippen molar-refractivity contribution in [2.45, 2.75) is 52.5 Å². The second kappa shape index (κ2) is 4.93. The van der Waals surface area contributed by atoms with E-state index in [1.165, 1.54) is 12.8 Å². The summed E-state index contributed by atoms with van der Waals surface area (Å²) < 4.78 is 0. The van der Waals surface area contributed by atoms with Gasteiger partial charge in [-0.1, -0.05) is 13.8 Å². The maximum absolute atomic E-state index is 12.3. The van der Waals surface area contributed by atoms with Gasteiger partial charge in [-0.2, -0.15) is 0 Å². The Bertz CT molecular complexity index is 415. The predicted molar refractivity (Wildman–Crippen MR) is 76.4 cm³/mol. The minimum absolute atomic E-state index is 0.0224. The van der Waals surface area contributed by atoms with Crippen LogP contribution in [0, 0.1) is 17.3 Å². The number of carbonyl (C=O) groups excluding carboxylic acids is 1. The van der Waals surface area contributed by atoms with Gasteiger partial charge in [0.15, 0.2) is 0 Å². The van der Waals surface area contributed by atoms with Crippen molar-refractivity contribution < 1.29 is 14.7 Å². The zero-order chi connectivity index (χ0) is 15.1. The van der Waals surface area contributed by atoms with E-state index in [9.17, 15) is 14.7 Å². The van der Waals surface area contributed by atoms with E-state index in [1.54, 1.807) is 4.90 Å². The molecule has 114 valence electrons. The highest BCUT2D eigenvalue weighted by molar-refractivity contribution is 5.80. The highest BCUT2D eigenvalue weighted by Gasteiger charge is 2.49. The van der Waals surface area contributed by atoms with E-state index >= 15 is 0 Å². The molecule has 5 nitrogen and oxygen atoms in total. The van der Waals surface area contributed by atoms with Crippen LogP contribution in [0.15, 0.2) is 0 Å². The normalized spacial score (nSPS) is 26.9. The summed E-state index contributed by atoms with van der Waals surface area (Å²) in [5.41, 5.74) is -0.982. The van der Waals surface area contributed by atoms with Crippen LogP contribution in [0.2, 0.25) is 0 Å². The molecule has 0 radical (unpaired) electrons. The molecule has 1 atom stereocenters. The molecule has 2 N–H and O–H groups in total. The van der Waals surface area contributed by atoms with Gasteiger partial charge in [0.1, 0.15) is 0 Å². The van der Waals surface area contributed by atoms with Gasteiger partial charge >= 0.3 is 12.0 Å². The maximum atomic E-state index is 12.3. The number of aliphatic carboxylic acids is 1. The third-order valence-corrected chi connectivity index (χ3v) is 5.15. The lowest BCUT2D eigenvalue weighted by Crippen LogP contribution is -2.51. The van der Waals surface area contributed by atoms with Crippen LogP contribution in [0.3, 0.4) is 0 Å². The van der Waals surface area contributed by atoms with Gasteiger partial charge < -0.3 is 15.3 Å². The van der Waals surface area contributed by atoms with Crippen LogP contribution in [0.4, 0.5) is 4.79 Å². The molecule has 0 aromatic rings. The standard InChI is InChI=1S/C15H26N2O3/c1-10(2)15(12(18)19)7-8-17(9-15)13(20)16-14(3,4)11-5-6-11/h10-11H,5-9H2,1-4H3,(H,16,20)(H,18,19). The third-order valence-electron chi connectivity index (χ3n) is 5.15. The van der Waals surface area contributed by atoms with Gasteiger partial charge in [0.2, 0.25) is 0 Å². The quantitative estimate of drug-likeness (QED) is 0.831. The Morgan fingerprint density at radius 1 is 1.35 bits per heavy atom. The summed E-state index contributed by atoms with van der Waals surface area (Å²) >= 11 is 0. The van der Waals surface area contributed by atoms with E-state index in [2.05, 4.69) is 5.32 Å². The lowest BCUT2D eigenvalue weighted by Gasteiger charge is -2.31. The summed E-state index contributed by atoms with van der Waals surface area (Å²) in [4.78, 5) is 25.6. The van der Waals surface area contributed by atoms with Gasteiger partial charge in [0, 0.05) is 18.6 Å². The van der Waals surface area contributed by atoms with Crippen molar-refractivity contribution in [1.82, 2.24) is 10.2 Å². The fraction of sp³-hybridized carbons (Fsp3) is 0.867. The number of carboxylic acids is 1. The predicted octanol–water partition coefficient (Wildman–Crippen LogP) is 2.32. The zero-order valence-electron chi connectivity index (χ0n) is 12.9. The minimum Gasteiger partial charge on any atom is -0.481 e. The van der Waals surface area contributed by atoms with Crippen LogP contribution in [0.5, 0.6) is 0 Å². The van der Waals surface area contributed by atoms with Crippen LogP contribution in [-0.2, 0) is 4.79 Å². The molecular weight excluding hydrogens is 256 g/mol. The molecule has 1 saturated heterocycles. The van der Waals surface area contributed by atoms with Crippen LogP contribution >= 0.6 is 0 Å². The largest absolute Gasteiger partial charge is 0.481 e. The Balaban J connectivity index is 2.01. The average molecular weight is 282 g/mol. The van der Waals surface area contributed by atoms with Gasteiger partial charge in [0.25, 0.3) is 0 Å². The highest BCUT2D eigenvalue weighted by Crippen LogP contribution is 2.40. The Kier molecular flexibility index (Phi) is 3.73. The molecule has 1 unspecified atom stereocenters. The monoisotopic (exact) mass is 282 g/mol. The first-order valence-electron chi connectivity index (χ1n) is 7.49. The van der Waals surface area contributed by atoms with Crippen LogP contribution in [-0.4, -0.2) is 40.6 Å². The van der Waals surface area contributed by atoms with E-state index in [1.807, 2.05) is 27.7 Å². The van der Waals surface area contributed by atoms with Crippen molar-refractivity contribution in [3.63, 3.8) is 0 Å². The topological polar surface area (TPSA) is 69.6 Å². The number of rotatable bonds is 4. The van der Waals surface area contributed by atoms with E-state index < -0.39 is 11.4 Å². The second-order valence-corrected chi connectivity index (χ2v) is 7.21. The van der Waals surface area contributed by atoms with E-state index in [4.69, 9.17) is 0 Å². The summed E-state index contributed by atoms with van der Waals surface area (Å²) in [6.45, 7) is 8.77. The van der Waals surface area contributed by atoms with E-state index in [0.29, 0.717) is 25.4 Å². The van der Waals surface area contributed by atoms with Crippen molar-refractivity contribution in [2.24, 2.45) is 17.3 Å². The van der Waals surface area contributed by atoms with Gasteiger partial charge in [-0.3, -0.25) is 4.79 Å². The molecule has 2 amide bonds. The molecular formula is C15H26N2O3. The lowest BCUT2D eigenvalue weighted by atomic mass is 9.76. The molecule has 2 rings (SSSR count). The molecule has 2 fully saturated rings. The summed E-state index contributed by atoms with van der Waals surface area (Å²) in [6, 6.07) is -0.120. The van der Waals surface area contributed by atoms with Crippen molar-refractivity contribution in [3.8, 4) is 0 Å². The van der Waals surface area contributed by atoms with Gasteiger partial charge in [-0.15, -0.1) is 0 Å². The first-order valence-corrected chi connectivity index (χ1v) is 7.49. The molecule has 1 aliphatic heterocycles. The number of nitrogens with one attached hydrogen (secondary N) is 1. The van der Waals surface area contributed by atoms with Gasteiger partial charge in [0.05, 0.1) is 5.41 Å². The van der Waals surface area contributed by atoms with Gasteiger partial charge in [-0.25, -0.2) is 4.79 Å². The number of hydrogen-bond acceptors (Lipinski definition) is 2. The molecule has 20 heavy (non-hydrogen) atoms. The molecule has 2 aliphatic rings. The lowest BCUT2D eigenvalue weighted by molar-refractivity contribution is -0.150. The van der Waals surface area contributed by atoms with Crippen molar-refractivity contribution in [2.75, 3.05) is 13.1 Å². The summed E-state index contributed by atoms with van der Waals surface area (Å²) in [5.74, 6) is -0.207. The molecule has 0 spiro atoms. The number of urea groups is 1. The Morgan fingerprint density at radius 3 is 2.35 bits per heavy atom. The minimum atomic E-state index is -0.791. The van der Waals surface area contributed by atoms with Crippen molar-refractivity contribution in [1.29, 1.82) is 0 Å². The van der Waals surface area contributed by atoms with E-state index in [0.717, 1.165) is 0 Å². The number of nitrogens with zero attached hydrogens (tertiary/aromatic N) is 1. The summed E-state index contributed by atoms with van der Waals surface area (Å²) in [6.07, 6.45) is 2.87. The molecule has 1 saturated carbocycles. The van der Waals surface area contributed by atoms with Crippen LogP contribution in [0.1, 0.15) is 47.0 Å². The highest BCUT2D eigenvalue weighted by atomic mass is 16.4. The second-order valence-electron chi connectivity index (χ2n) is 7.21. The number of carbonyl (C=O) groups is 2. The van der Waals surface area contributed by atoms with Crippen molar-refractivity contribution in [3.05, 3.63) is 0 Å². The first-order chi connectivity index (χ1) is 9.19. The molecule has 0 aromatic heterocycles. The Hall–Kier alpha value is -1.26. The first kappa shape index (κ1) is 15.1. The number of amides is 2. The van der Waals surface area contributed by atoms with Gasteiger partial charge in [-0.05, 0) is 44.9 Å². The molecule has 5 heteroatoms. The number of carboxylic acid groups (broad SMARTS) is 1. The summed E-state index contributed by atoms with van der Waals surface area (Å²) in [7, 11) is 0. The Labute approximate surface area is 120 Å². The fourth-order valence-corrected chi connectivity index (χ4v) is 3.16. The van der Waals surface area contributed by atoms with Crippen molar-refractivity contribution >= 4 is 12.0 Å². The Morgan fingerprint density at radius 2 is 1.95 bits per heavy atom. The number of likely N-dealkylation sites (tertiary alicyclic amines) is 1. The SMILES string of the molecule is CC(C)C1(C(=O)O)CCN(C(=O)NC(C)(C)C2CC2)C1.